The summed E-state index contributed by atoms with van der Waals surface area (Å²) in [6, 6.07) is 11.6. The number of rotatable bonds is 3. The third kappa shape index (κ3) is 3.35. The maximum absolute atomic E-state index is 13.5. The Balaban J connectivity index is 1.80. The molecule has 0 aliphatic carbocycles. The fourth-order valence-electron chi connectivity index (χ4n) is 2.70. The van der Waals surface area contributed by atoms with E-state index in [0.717, 1.165) is 11.1 Å². The van der Waals surface area contributed by atoms with Gasteiger partial charge in [-0.1, -0.05) is 35.5 Å². The summed E-state index contributed by atoms with van der Waals surface area (Å²) < 4.78 is 45.8. The van der Waals surface area contributed by atoms with Gasteiger partial charge in [0.1, 0.15) is 4.88 Å². The SMILES string of the molecule is Cc1cnccc1-c1noc(-c2cc(-c3ccccc3)c(C(F)(F)F)s2)n1. The topological polar surface area (TPSA) is 51.8 Å². The van der Waals surface area contributed by atoms with Crippen molar-refractivity contribution in [2.45, 2.75) is 13.1 Å². The third-order valence-corrected chi connectivity index (χ3v) is 5.14. The van der Waals surface area contributed by atoms with Crippen molar-refractivity contribution >= 4 is 11.3 Å². The van der Waals surface area contributed by atoms with Crippen LogP contribution in [-0.2, 0) is 6.18 Å². The van der Waals surface area contributed by atoms with E-state index in [4.69, 9.17) is 4.52 Å². The summed E-state index contributed by atoms with van der Waals surface area (Å²) in [4.78, 5) is 7.86. The zero-order chi connectivity index (χ0) is 19.0. The average molecular weight is 387 g/mol. The minimum Gasteiger partial charge on any atom is -0.333 e. The number of hydrogen-bond donors (Lipinski definition) is 0. The summed E-state index contributed by atoms with van der Waals surface area (Å²) in [6.45, 7) is 1.85. The molecule has 0 radical (unpaired) electrons. The standard InChI is InChI=1S/C19H12F3N3OS/c1-11-10-23-8-7-13(11)17-24-18(26-25-17)15-9-14(12-5-3-2-4-6-12)16(27-15)19(20,21)22/h2-10H,1H3. The molecule has 0 saturated carbocycles. The van der Waals surface area contributed by atoms with E-state index in [0.29, 0.717) is 22.7 Å². The molecule has 3 aromatic heterocycles. The van der Waals surface area contributed by atoms with Crippen molar-refractivity contribution in [1.82, 2.24) is 15.1 Å². The number of halogens is 3. The normalized spacial score (nSPS) is 11.7. The fraction of sp³-hybridized carbons (Fsp3) is 0.105. The van der Waals surface area contributed by atoms with Crippen LogP contribution in [0.3, 0.4) is 0 Å². The number of aryl methyl sites for hydroxylation is 1. The molecule has 0 amide bonds. The van der Waals surface area contributed by atoms with E-state index in [9.17, 15) is 13.2 Å². The molecule has 1 aromatic carbocycles. The lowest BCUT2D eigenvalue weighted by molar-refractivity contribution is -0.133. The largest absolute Gasteiger partial charge is 0.426 e. The maximum Gasteiger partial charge on any atom is 0.426 e. The highest BCUT2D eigenvalue weighted by Gasteiger charge is 2.37. The van der Waals surface area contributed by atoms with Gasteiger partial charge in [0.15, 0.2) is 0 Å². The first-order valence-electron chi connectivity index (χ1n) is 7.95. The smallest absolute Gasteiger partial charge is 0.333 e. The van der Waals surface area contributed by atoms with Crippen molar-refractivity contribution in [3.63, 3.8) is 0 Å². The summed E-state index contributed by atoms with van der Waals surface area (Å²) in [5.41, 5.74) is 2.15. The molecule has 4 nitrogen and oxygen atoms in total. The van der Waals surface area contributed by atoms with Gasteiger partial charge in [-0.05, 0) is 30.2 Å². The van der Waals surface area contributed by atoms with Gasteiger partial charge in [-0.15, -0.1) is 11.3 Å². The lowest BCUT2D eigenvalue weighted by atomic mass is 10.1. The summed E-state index contributed by atoms with van der Waals surface area (Å²) in [5.74, 6) is 0.368. The number of alkyl halides is 3. The summed E-state index contributed by atoms with van der Waals surface area (Å²) in [6.07, 6.45) is -1.22. The lowest BCUT2D eigenvalue weighted by Gasteiger charge is -2.07. The van der Waals surface area contributed by atoms with Gasteiger partial charge >= 0.3 is 6.18 Å². The van der Waals surface area contributed by atoms with Gasteiger partial charge < -0.3 is 4.52 Å². The predicted molar refractivity (Wildman–Crippen MR) is 96.0 cm³/mol. The molecule has 4 aromatic rings. The quantitative estimate of drug-likeness (QED) is 0.442. The maximum atomic E-state index is 13.5. The first-order valence-corrected chi connectivity index (χ1v) is 8.76. The summed E-state index contributed by atoms with van der Waals surface area (Å²) >= 11 is 0.594. The molecule has 0 N–H and O–H groups in total. The van der Waals surface area contributed by atoms with Crippen LogP contribution in [0, 0.1) is 6.92 Å². The van der Waals surface area contributed by atoms with E-state index in [1.807, 2.05) is 6.92 Å². The molecule has 136 valence electrons. The first-order chi connectivity index (χ1) is 12.9. The van der Waals surface area contributed by atoms with Crippen molar-refractivity contribution in [2.75, 3.05) is 0 Å². The molecular weight excluding hydrogens is 375 g/mol. The van der Waals surface area contributed by atoms with E-state index in [-0.39, 0.29) is 16.3 Å². The van der Waals surface area contributed by atoms with E-state index >= 15 is 0 Å². The number of nitrogens with zero attached hydrogens (tertiary/aromatic N) is 3. The van der Waals surface area contributed by atoms with Crippen LogP contribution >= 0.6 is 11.3 Å². The zero-order valence-corrected chi connectivity index (χ0v) is 14.8. The van der Waals surface area contributed by atoms with Crippen molar-refractivity contribution in [2.24, 2.45) is 0 Å². The lowest BCUT2D eigenvalue weighted by Crippen LogP contribution is -2.03. The monoisotopic (exact) mass is 387 g/mol. The van der Waals surface area contributed by atoms with Crippen LogP contribution in [0.2, 0.25) is 0 Å². The van der Waals surface area contributed by atoms with Gasteiger partial charge in [0.2, 0.25) is 5.82 Å². The second-order valence-electron chi connectivity index (χ2n) is 5.83. The van der Waals surface area contributed by atoms with Crippen LogP contribution in [0.1, 0.15) is 10.4 Å². The molecule has 27 heavy (non-hydrogen) atoms. The van der Waals surface area contributed by atoms with E-state index in [1.165, 1.54) is 6.07 Å². The highest BCUT2D eigenvalue weighted by molar-refractivity contribution is 7.16. The molecule has 0 unspecified atom stereocenters. The third-order valence-electron chi connectivity index (χ3n) is 3.97. The molecule has 0 saturated heterocycles. The highest BCUT2D eigenvalue weighted by atomic mass is 32.1. The average Bonchev–Trinajstić information content (AvgIpc) is 3.30. The first kappa shape index (κ1) is 17.4. The van der Waals surface area contributed by atoms with Gasteiger partial charge in [0, 0.05) is 23.5 Å². The van der Waals surface area contributed by atoms with Crippen molar-refractivity contribution < 1.29 is 17.7 Å². The molecule has 4 rings (SSSR count). The Hall–Kier alpha value is -3.00. The second kappa shape index (κ2) is 6.62. The molecular formula is C19H12F3N3OS. The summed E-state index contributed by atoms with van der Waals surface area (Å²) in [5, 5.41) is 3.91. The minimum atomic E-state index is -4.47. The molecule has 8 heteroatoms. The van der Waals surface area contributed by atoms with Crippen LogP contribution in [0.4, 0.5) is 13.2 Å². The Bertz CT molecular complexity index is 1090. The Labute approximate surface area is 156 Å². The Morgan fingerprint density at radius 2 is 1.81 bits per heavy atom. The number of benzene rings is 1. The predicted octanol–water partition coefficient (Wildman–Crippen LogP) is 5.85. The van der Waals surface area contributed by atoms with Gasteiger partial charge in [0.05, 0.1) is 4.88 Å². The van der Waals surface area contributed by atoms with Crippen LogP contribution in [0.5, 0.6) is 0 Å². The van der Waals surface area contributed by atoms with Gasteiger partial charge in [0.25, 0.3) is 5.89 Å². The van der Waals surface area contributed by atoms with Crippen LogP contribution < -0.4 is 0 Å². The van der Waals surface area contributed by atoms with Crippen LogP contribution in [0.15, 0.2) is 59.4 Å². The fourth-order valence-corrected chi connectivity index (χ4v) is 3.67. The van der Waals surface area contributed by atoms with E-state index < -0.39 is 11.1 Å². The Morgan fingerprint density at radius 3 is 2.52 bits per heavy atom. The molecule has 0 spiro atoms. The van der Waals surface area contributed by atoms with Crippen molar-refractivity contribution in [1.29, 1.82) is 0 Å². The Kier molecular flexibility index (Phi) is 4.27. The number of hydrogen-bond acceptors (Lipinski definition) is 5. The number of aromatic nitrogens is 3. The van der Waals surface area contributed by atoms with Gasteiger partial charge in [-0.3, -0.25) is 4.98 Å². The molecule has 0 atom stereocenters. The van der Waals surface area contributed by atoms with Gasteiger partial charge in [-0.25, -0.2) is 0 Å². The number of thiophene rings is 1. The molecule has 3 heterocycles. The van der Waals surface area contributed by atoms with Crippen molar-refractivity contribution in [3.8, 4) is 33.3 Å². The molecule has 0 aliphatic rings. The zero-order valence-electron chi connectivity index (χ0n) is 14.0. The van der Waals surface area contributed by atoms with Crippen LogP contribution in [0.25, 0.3) is 33.3 Å². The second-order valence-corrected chi connectivity index (χ2v) is 6.88. The Morgan fingerprint density at radius 1 is 1.04 bits per heavy atom. The van der Waals surface area contributed by atoms with Crippen molar-refractivity contribution in [3.05, 3.63) is 65.3 Å². The van der Waals surface area contributed by atoms with E-state index in [1.54, 1.807) is 48.8 Å². The van der Waals surface area contributed by atoms with Gasteiger partial charge in [-0.2, -0.15) is 18.2 Å². The molecule has 0 bridgehead atoms. The molecule has 0 fully saturated rings. The number of pyridine rings is 1. The highest BCUT2D eigenvalue weighted by Crippen LogP contribution is 2.45. The summed E-state index contributed by atoms with van der Waals surface area (Å²) in [7, 11) is 0. The minimum absolute atomic E-state index is 0.0545. The van der Waals surface area contributed by atoms with E-state index in [2.05, 4.69) is 15.1 Å². The van der Waals surface area contributed by atoms with Crippen LogP contribution in [-0.4, -0.2) is 15.1 Å². The molecule has 0 aliphatic heterocycles.